The highest BCUT2D eigenvalue weighted by Gasteiger charge is 2.31. The third-order valence-electron chi connectivity index (χ3n) is 6.13. The Bertz CT molecular complexity index is 698. The summed E-state index contributed by atoms with van der Waals surface area (Å²) in [6.07, 6.45) is 6.75. The van der Waals surface area contributed by atoms with Gasteiger partial charge in [0, 0.05) is 46.2 Å². The van der Waals surface area contributed by atoms with Crippen molar-refractivity contribution in [2.75, 3.05) is 26.7 Å². The van der Waals surface area contributed by atoms with E-state index in [1.807, 2.05) is 11.9 Å². The molecule has 1 atom stereocenters. The number of amides is 1. The van der Waals surface area contributed by atoms with Crippen LogP contribution in [-0.4, -0.2) is 48.3 Å². The Morgan fingerprint density at radius 2 is 2.07 bits per heavy atom. The fourth-order valence-corrected chi connectivity index (χ4v) is 4.75. The number of carbonyl (C=O) groups is 1. The van der Waals surface area contributed by atoms with Gasteiger partial charge >= 0.3 is 0 Å². The van der Waals surface area contributed by atoms with Crippen molar-refractivity contribution in [1.82, 2.24) is 15.1 Å². The summed E-state index contributed by atoms with van der Waals surface area (Å²) in [7, 11) is 1.88. The Balaban J connectivity index is 1.58. The van der Waals surface area contributed by atoms with Crippen molar-refractivity contribution < 1.29 is 4.79 Å². The van der Waals surface area contributed by atoms with Crippen LogP contribution in [0.1, 0.15) is 63.5 Å². The molecule has 1 unspecified atom stereocenters. The number of guanidine groups is 1. The number of hydrogen-bond acceptors (Lipinski definition) is 2. The average molecular weight is 385 g/mol. The standard InChI is InChI=1S/C23H36N4O/c1-4-11-23(2)12-7-14-27(18-23)22(24-3)25-16-19-8-5-9-20(15-19)17-26-13-6-10-21(26)28/h5,8-9,15H,4,6-7,10-14,16-18H2,1-3H3,(H,24,25). The summed E-state index contributed by atoms with van der Waals surface area (Å²) < 4.78 is 0. The zero-order chi connectivity index (χ0) is 20.0. The number of rotatable bonds is 6. The van der Waals surface area contributed by atoms with E-state index in [-0.39, 0.29) is 5.91 Å². The average Bonchev–Trinajstić information content (AvgIpc) is 3.07. The number of likely N-dealkylation sites (tertiary alicyclic amines) is 2. The molecule has 2 aliphatic heterocycles. The fourth-order valence-electron chi connectivity index (χ4n) is 4.75. The van der Waals surface area contributed by atoms with Crippen molar-refractivity contribution in [2.24, 2.45) is 10.4 Å². The maximum atomic E-state index is 11.9. The lowest BCUT2D eigenvalue weighted by Gasteiger charge is -2.42. The number of carbonyl (C=O) groups excluding carboxylic acids is 1. The molecule has 1 N–H and O–H groups in total. The number of nitrogens with one attached hydrogen (secondary N) is 1. The van der Waals surface area contributed by atoms with Crippen LogP contribution in [0, 0.1) is 5.41 Å². The van der Waals surface area contributed by atoms with Crippen LogP contribution in [0.25, 0.3) is 0 Å². The minimum atomic E-state index is 0.282. The van der Waals surface area contributed by atoms with Gasteiger partial charge in [-0.25, -0.2) is 0 Å². The molecule has 28 heavy (non-hydrogen) atoms. The van der Waals surface area contributed by atoms with E-state index in [0.717, 1.165) is 45.1 Å². The van der Waals surface area contributed by atoms with Crippen molar-refractivity contribution >= 4 is 11.9 Å². The van der Waals surface area contributed by atoms with Gasteiger partial charge in [-0.2, -0.15) is 0 Å². The summed E-state index contributed by atoms with van der Waals surface area (Å²) >= 11 is 0. The number of nitrogens with zero attached hydrogens (tertiary/aromatic N) is 3. The first-order valence-electron chi connectivity index (χ1n) is 10.8. The second-order valence-corrected chi connectivity index (χ2v) is 8.73. The summed E-state index contributed by atoms with van der Waals surface area (Å²) in [5.74, 6) is 1.28. The quantitative estimate of drug-likeness (QED) is 0.600. The van der Waals surface area contributed by atoms with Crippen molar-refractivity contribution in [3.8, 4) is 0 Å². The lowest BCUT2D eigenvalue weighted by molar-refractivity contribution is -0.128. The molecule has 2 heterocycles. The highest BCUT2D eigenvalue weighted by molar-refractivity contribution is 5.80. The van der Waals surface area contributed by atoms with Crippen molar-refractivity contribution in [1.29, 1.82) is 0 Å². The summed E-state index contributed by atoms with van der Waals surface area (Å²) in [5, 5.41) is 3.56. The molecule has 0 bridgehead atoms. The summed E-state index contributed by atoms with van der Waals surface area (Å²) in [6, 6.07) is 8.57. The Morgan fingerprint density at radius 1 is 1.25 bits per heavy atom. The van der Waals surface area contributed by atoms with Gasteiger partial charge in [0.15, 0.2) is 5.96 Å². The predicted octanol–water partition coefficient (Wildman–Crippen LogP) is 3.79. The maximum Gasteiger partial charge on any atom is 0.222 e. The third kappa shape index (κ3) is 5.27. The second kappa shape index (κ2) is 9.44. The zero-order valence-corrected chi connectivity index (χ0v) is 17.8. The van der Waals surface area contributed by atoms with Gasteiger partial charge < -0.3 is 15.1 Å². The zero-order valence-electron chi connectivity index (χ0n) is 17.8. The fraction of sp³-hybridized carbons (Fsp3) is 0.652. The summed E-state index contributed by atoms with van der Waals surface area (Å²) in [6.45, 7) is 9.23. The Kier molecular flexibility index (Phi) is 6.97. The van der Waals surface area contributed by atoms with Gasteiger partial charge in [-0.3, -0.25) is 9.79 Å². The Morgan fingerprint density at radius 3 is 2.79 bits per heavy atom. The molecule has 1 aromatic carbocycles. The molecule has 1 amide bonds. The molecule has 3 rings (SSSR count). The van der Waals surface area contributed by atoms with Crippen LogP contribution < -0.4 is 5.32 Å². The third-order valence-corrected chi connectivity index (χ3v) is 6.13. The molecule has 2 fully saturated rings. The predicted molar refractivity (Wildman–Crippen MR) is 115 cm³/mol. The molecule has 2 saturated heterocycles. The molecule has 0 radical (unpaired) electrons. The van der Waals surface area contributed by atoms with E-state index in [1.54, 1.807) is 0 Å². The van der Waals surface area contributed by atoms with Crippen molar-refractivity contribution in [2.45, 2.75) is 65.5 Å². The van der Waals surface area contributed by atoms with E-state index in [4.69, 9.17) is 0 Å². The van der Waals surface area contributed by atoms with Crippen LogP contribution in [0.5, 0.6) is 0 Å². The SMILES string of the molecule is CCCC1(C)CCCN(C(=NC)NCc2cccc(CN3CCCC3=O)c2)C1. The van der Waals surface area contributed by atoms with E-state index in [9.17, 15) is 4.79 Å². The lowest BCUT2D eigenvalue weighted by atomic mass is 9.78. The van der Waals surface area contributed by atoms with E-state index in [1.165, 1.54) is 36.8 Å². The molecule has 0 aromatic heterocycles. The van der Waals surface area contributed by atoms with Crippen LogP contribution in [0.2, 0.25) is 0 Å². The van der Waals surface area contributed by atoms with Gasteiger partial charge in [-0.15, -0.1) is 0 Å². The largest absolute Gasteiger partial charge is 0.352 e. The van der Waals surface area contributed by atoms with Gasteiger partial charge in [-0.05, 0) is 42.2 Å². The topological polar surface area (TPSA) is 47.9 Å². The minimum Gasteiger partial charge on any atom is -0.352 e. The van der Waals surface area contributed by atoms with Crippen molar-refractivity contribution in [3.63, 3.8) is 0 Å². The second-order valence-electron chi connectivity index (χ2n) is 8.73. The minimum absolute atomic E-state index is 0.282. The van der Waals surface area contributed by atoms with E-state index in [0.29, 0.717) is 11.8 Å². The normalized spacial score (nSPS) is 23.4. The van der Waals surface area contributed by atoms with Crippen LogP contribution in [0.3, 0.4) is 0 Å². The van der Waals surface area contributed by atoms with Crippen LogP contribution in [0.4, 0.5) is 0 Å². The molecule has 0 aliphatic carbocycles. The molecule has 0 spiro atoms. The summed E-state index contributed by atoms with van der Waals surface area (Å²) in [4.78, 5) is 20.8. The highest BCUT2D eigenvalue weighted by Crippen LogP contribution is 2.33. The first kappa shape index (κ1) is 20.7. The van der Waals surface area contributed by atoms with Gasteiger partial charge in [0.2, 0.25) is 5.91 Å². The monoisotopic (exact) mass is 384 g/mol. The van der Waals surface area contributed by atoms with Crippen LogP contribution in [-0.2, 0) is 17.9 Å². The molecule has 1 aromatic rings. The Labute approximate surface area is 170 Å². The maximum absolute atomic E-state index is 11.9. The number of aliphatic imine (C=N–C) groups is 1. The number of benzene rings is 1. The summed E-state index contributed by atoms with van der Waals surface area (Å²) in [5.41, 5.74) is 2.84. The van der Waals surface area contributed by atoms with Gasteiger partial charge in [0.25, 0.3) is 0 Å². The van der Waals surface area contributed by atoms with E-state index in [2.05, 4.69) is 53.3 Å². The highest BCUT2D eigenvalue weighted by atomic mass is 16.2. The molecule has 5 nitrogen and oxygen atoms in total. The van der Waals surface area contributed by atoms with Gasteiger partial charge in [0.1, 0.15) is 0 Å². The lowest BCUT2D eigenvalue weighted by Crippen LogP contribution is -2.49. The van der Waals surface area contributed by atoms with Crippen LogP contribution in [0.15, 0.2) is 29.3 Å². The van der Waals surface area contributed by atoms with E-state index >= 15 is 0 Å². The molecule has 5 heteroatoms. The van der Waals surface area contributed by atoms with Crippen molar-refractivity contribution in [3.05, 3.63) is 35.4 Å². The van der Waals surface area contributed by atoms with Crippen LogP contribution >= 0.6 is 0 Å². The molecular formula is C23H36N4O. The molecule has 2 aliphatic rings. The first-order chi connectivity index (χ1) is 13.5. The smallest absolute Gasteiger partial charge is 0.222 e. The number of piperidine rings is 1. The first-order valence-corrected chi connectivity index (χ1v) is 10.8. The van der Waals surface area contributed by atoms with Gasteiger partial charge in [-0.1, -0.05) is 44.5 Å². The molecule has 154 valence electrons. The Hall–Kier alpha value is -2.04. The molecule has 0 saturated carbocycles. The van der Waals surface area contributed by atoms with Gasteiger partial charge in [0.05, 0.1) is 0 Å². The molecular weight excluding hydrogens is 348 g/mol. The van der Waals surface area contributed by atoms with E-state index < -0.39 is 0 Å². The number of hydrogen-bond donors (Lipinski definition) is 1.